The topological polar surface area (TPSA) is 75.0 Å². The molecule has 1 amide bonds. The lowest BCUT2D eigenvalue weighted by Crippen LogP contribution is -2.38. The zero-order valence-electron chi connectivity index (χ0n) is 16.4. The zero-order chi connectivity index (χ0) is 19.5. The Morgan fingerprint density at radius 2 is 2.00 bits per heavy atom. The van der Waals surface area contributed by atoms with Gasteiger partial charge in [0.15, 0.2) is 0 Å². The summed E-state index contributed by atoms with van der Waals surface area (Å²) in [4.78, 5) is 14.8. The van der Waals surface area contributed by atoms with Crippen LogP contribution in [0.1, 0.15) is 59.5 Å². The summed E-state index contributed by atoms with van der Waals surface area (Å²) in [6.07, 6.45) is 6.99. The van der Waals surface area contributed by atoms with E-state index < -0.39 is 0 Å². The minimum atomic E-state index is 0.0342. The molecule has 146 valence electrons. The van der Waals surface area contributed by atoms with Crippen molar-refractivity contribution >= 4 is 5.91 Å². The third kappa shape index (κ3) is 3.46. The average molecular weight is 378 g/mol. The summed E-state index contributed by atoms with van der Waals surface area (Å²) < 4.78 is 5.26. The Balaban J connectivity index is 1.47. The van der Waals surface area contributed by atoms with Crippen LogP contribution in [-0.2, 0) is 6.42 Å². The van der Waals surface area contributed by atoms with E-state index in [1.54, 1.807) is 6.20 Å². The number of H-pyrrole nitrogens is 1. The van der Waals surface area contributed by atoms with Gasteiger partial charge in [-0.05, 0) is 37.3 Å². The normalized spacial score (nSPS) is 15.1. The maximum atomic E-state index is 12.9. The molecular weight excluding hydrogens is 352 g/mol. The molecule has 0 bridgehead atoms. The van der Waals surface area contributed by atoms with Crippen LogP contribution in [0.25, 0.3) is 11.1 Å². The predicted octanol–water partition coefficient (Wildman–Crippen LogP) is 4.35. The average Bonchev–Trinajstić information content (AvgIpc) is 3.38. The second-order valence-corrected chi connectivity index (χ2v) is 7.49. The van der Waals surface area contributed by atoms with E-state index in [1.165, 1.54) is 22.4 Å². The van der Waals surface area contributed by atoms with Crippen molar-refractivity contribution in [2.75, 3.05) is 13.1 Å². The summed E-state index contributed by atoms with van der Waals surface area (Å²) in [6.45, 7) is 5.65. The Bertz CT molecular complexity index is 951. The molecular formula is C22H26N4O2. The summed E-state index contributed by atoms with van der Waals surface area (Å²) in [6, 6.07) is 8.39. The van der Waals surface area contributed by atoms with E-state index >= 15 is 0 Å². The molecule has 6 nitrogen and oxygen atoms in total. The molecule has 1 fully saturated rings. The minimum absolute atomic E-state index is 0.0342. The Kier molecular flexibility index (Phi) is 5.28. The summed E-state index contributed by atoms with van der Waals surface area (Å²) >= 11 is 0. The van der Waals surface area contributed by atoms with Crippen molar-refractivity contribution in [2.24, 2.45) is 0 Å². The first-order chi connectivity index (χ1) is 13.7. The number of carbonyl (C=O) groups excluding carboxylic acids is 1. The number of hydrogen-bond acceptors (Lipinski definition) is 4. The summed E-state index contributed by atoms with van der Waals surface area (Å²) in [5.74, 6) is 1.11. The lowest BCUT2D eigenvalue weighted by atomic mass is 9.88. The molecule has 1 aliphatic rings. The fraction of sp³-hybridized carbons (Fsp3) is 0.409. The number of likely N-dealkylation sites (tertiary alicyclic amines) is 1. The second-order valence-electron chi connectivity index (χ2n) is 7.49. The number of rotatable bonds is 5. The molecule has 0 radical (unpaired) electrons. The van der Waals surface area contributed by atoms with Gasteiger partial charge in [0.05, 0.1) is 12.4 Å². The van der Waals surface area contributed by atoms with Gasteiger partial charge >= 0.3 is 0 Å². The van der Waals surface area contributed by atoms with Crippen molar-refractivity contribution < 1.29 is 9.32 Å². The smallest absolute Gasteiger partial charge is 0.259 e. The molecule has 6 heteroatoms. The maximum Gasteiger partial charge on any atom is 0.259 e. The lowest BCUT2D eigenvalue weighted by molar-refractivity contribution is 0.0710. The van der Waals surface area contributed by atoms with Crippen LogP contribution in [0.2, 0.25) is 0 Å². The highest BCUT2D eigenvalue weighted by molar-refractivity contribution is 5.95. The Labute approximate surface area is 164 Å². The molecule has 0 atom stereocenters. The summed E-state index contributed by atoms with van der Waals surface area (Å²) in [5, 5.41) is 11.4. The van der Waals surface area contributed by atoms with Crippen LogP contribution in [0.3, 0.4) is 0 Å². The summed E-state index contributed by atoms with van der Waals surface area (Å²) in [7, 11) is 0. The number of carbonyl (C=O) groups is 1. The molecule has 1 aliphatic heterocycles. The highest BCUT2D eigenvalue weighted by Gasteiger charge is 2.29. The monoisotopic (exact) mass is 378 g/mol. The SMILES string of the molecule is CCCc1oncc1C(=O)N1CCC(c2[nH]ncc2-c2ccccc2C)CC1. The van der Waals surface area contributed by atoms with E-state index in [9.17, 15) is 4.79 Å². The van der Waals surface area contributed by atoms with Crippen LogP contribution in [0, 0.1) is 6.92 Å². The number of amides is 1. The molecule has 1 aromatic carbocycles. The molecule has 3 aromatic rings. The van der Waals surface area contributed by atoms with E-state index in [2.05, 4.69) is 53.5 Å². The molecule has 28 heavy (non-hydrogen) atoms. The number of aromatic amines is 1. The van der Waals surface area contributed by atoms with E-state index in [0.717, 1.165) is 38.8 Å². The first-order valence-corrected chi connectivity index (χ1v) is 10.0. The quantitative estimate of drug-likeness (QED) is 0.716. The van der Waals surface area contributed by atoms with Gasteiger partial charge in [-0.2, -0.15) is 5.10 Å². The summed E-state index contributed by atoms with van der Waals surface area (Å²) in [5.41, 5.74) is 5.43. The number of benzene rings is 1. The lowest BCUT2D eigenvalue weighted by Gasteiger charge is -2.32. The first kappa shape index (κ1) is 18.5. The van der Waals surface area contributed by atoms with Crippen LogP contribution in [0.5, 0.6) is 0 Å². The van der Waals surface area contributed by atoms with E-state index in [1.807, 2.05) is 11.1 Å². The molecule has 1 N–H and O–H groups in total. The van der Waals surface area contributed by atoms with Crippen LogP contribution >= 0.6 is 0 Å². The standard InChI is InChI=1S/C22H26N4O2/c1-3-6-20-19(14-24-28-20)22(27)26-11-9-16(10-12-26)21-18(13-23-25-21)17-8-5-4-7-15(17)2/h4-5,7-8,13-14,16H,3,6,9-12H2,1-2H3,(H,23,25). The van der Waals surface area contributed by atoms with Gasteiger partial charge in [0.25, 0.3) is 5.91 Å². The van der Waals surface area contributed by atoms with Crippen molar-refractivity contribution in [2.45, 2.75) is 45.4 Å². The van der Waals surface area contributed by atoms with Crippen LogP contribution in [-0.4, -0.2) is 39.3 Å². The number of aryl methyl sites for hydroxylation is 2. The molecule has 2 aromatic heterocycles. The largest absolute Gasteiger partial charge is 0.361 e. The van der Waals surface area contributed by atoms with E-state index in [-0.39, 0.29) is 5.91 Å². The van der Waals surface area contributed by atoms with Gasteiger partial charge in [-0.3, -0.25) is 9.89 Å². The number of piperidine rings is 1. The van der Waals surface area contributed by atoms with Crippen LogP contribution < -0.4 is 0 Å². The molecule has 4 rings (SSSR count). The van der Waals surface area contributed by atoms with Crippen molar-refractivity contribution in [3.05, 3.63) is 59.2 Å². The molecule has 1 saturated heterocycles. The van der Waals surface area contributed by atoms with E-state index in [0.29, 0.717) is 17.2 Å². The van der Waals surface area contributed by atoms with Gasteiger partial charge < -0.3 is 9.42 Å². The first-order valence-electron chi connectivity index (χ1n) is 10.0. The van der Waals surface area contributed by atoms with Crippen LogP contribution in [0.15, 0.2) is 41.2 Å². The Morgan fingerprint density at radius 3 is 2.75 bits per heavy atom. The maximum absolute atomic E-state index is 12.9. The van der Waals surface area contributed by atoms with Gasteiger partial charge in [0.1, 0.15) is 11.3 Å². The number of hydrogen-bond donors (Lipinski definition) is 1. The Morgan fingerprint density at radius 1 is 1.21 bits per heavy atom. The molecule has 3 heterocycles. The molecule has 0 saturated carbocycles. The zero-order valence-corrected chi connectivity index (χ0v) is 16.4. The second kappa shape index (κ2) is 8.00. The third-order valence-electron chi connectivity index (χ3n) is 5.65. The molecule has 0 aliphatic carbocycles. The number of nitrogens with zero attached hydrogens (tertiary/aromatic N) is 3. The fourth-order valence-electron chi connectivity index (χ4n) is 4.08. The van der Waals surface area contributed by atoms with Crippen LogP contribution in [0.4, 0.5) is 0 Å². The van der Waals surface area contributed by atoms with Gasteiger partial charge in [-0.25, -0.2) is 0 Å². The van der Waals surface area contributed by atoms with Crippen molar-refractivity contribution in [3.8, 4) is 11.1 Å². The van der Waals surface area contributed by atoms with E-state index in [4.69, 9.17) is 4.52 Å². The van der Waals surface area contributed by atoms with Gasteiger partial charge in [0, 0.05) is 36.7 Å². The van der Waals surface area contributed by atoms with Crippen molar-refractivity contribution in [1.29, 1.82) is 0 Å². The molecule has 0 unspecified atom stereocenters. The highest BCUT2D eigenvalue weighted by Crippen LogP contribution is 2.35. The molecule has 0 spiro atoms. The number of nitrogens with one attached hydrogen (secondary N) is 1. The highest BCUT2D eigenvalue weighted by atomic mass is 16.5. The van der Waals surface area contributed by atoms with Crippen molar-refractivity contribution in [1.82, 2.24) is 20.3 Å². The van der Waals surface area contributed by atoms with Gasteiger partial charge in [-0.1, -0.05) is 36.3 Å². The number of aromatic nitrogens is 3. The minimum Gasteiger partial charge on any atom is -0.361 e. The van der Waals surface area contributed by atoms with Gasteiger partial charge in [0.2, 0.25) is 0 Å². The van der Waals surface area contributed by atoms with Gasteiger partial charge in [-0.15, -0.1) is 0 Å². The van der Waals surface area contributed by atoms with Crippen molar-refractivity contribution in [3.63, 3.8) is 0 Å². The third-order valence-corrected chi connectivity index (χ3v) is 5.65. The fourth-order valence-corrected chi connectivity index (χ4v) is 4.08. The Hall–Kier alpha value is -2.89. The predicted molar refractivity (Wildman–Crippen MR) is 107 cm³/mol.